The topological polar surface area (TPSA) is 69.9 Å². The standard InChI is InChI=1S/C16H24N4OS/c1-6-20(10-11(2)9-17)15(21)8-7-14-12(3)18-16(22-5)19-13(14)4/h11H,6-8,10H2,1-5H3/t11-/m1/s1. The van der Waals surface area contributed by atoms with Crippen molar-refractivity contribution in [1.82, 2.24) is 14.9 Å². The van der Waals surface area contributed by atoms with Gasteiger partial charge in [0.2, 0.25) is 5.91 Å². The maximum Gasteiger partial charge on any atom is 0.222 e. The molecule has 0 saturated heterocycles. The highest BCUT2D eigenvalue weighted by Gasteiger charge is 2.16. The SMILES string of the molecule is CCN(C[C@H](C)C#N)C(=O)CCc1c(C)nc(SC)nc1C. The van der Waals surface area contributed by atoms with Gasteiger partial charge in [0.05, 0.1) is 12.0 Å². The van der Waals surface area contributed by atoms with Crippen LogP contribution >= 0.6 is 11.8 Å². The van der Waals surface area contributed by atoms with Crippen LogP contribution in [0.4, 0.5) is 0 Å². The molecule has 6 heteroatoms. The van der Waals surface area contributed by atoms with E-state index < -0.39 is 0 Å². The van der Waals surface area contributed by atoms with Crippen LogP contribution in [0.25, 0.3) is 0 Å². The molecule has 1 aromatic rings. The average Bonchev–Trinajstić information content (AvgIpc) is 2.50. The largest absolute Gasteiger partial charge is 0.342 e. The molecule has 0 unspecified atom stereocenters. The number of aryl methyl sites for hydroxylation is 2. The Balaban J connectivity index is 2.73. The smallest absolute Gasteiger partial charge is 0.222 e. The lowest BCUT2D eigenvalue weighted by atomic mass is 10.1. The van der Waals surface area contributed by atoms with Gasteiger partial charge in [0.1, 0.15) is 0 Å². The van der Waals surface area contributed by atoms with Gasteiger partial charge in [-0.15, -0.1) is 0 Å². The Morgan fingerprint density at radius 1 is 1.36 bits per heavy atom. The van der Waals surface area contributed by atoms with Crippen molar-refractivity contribution < 1.29 is 4.79 Å². The maximum absolute atomic E-state index is 12.3. The summed E-state index contributed by atoms with van der Waals surface area (Å²) in [6.07, 6.45) is 3.02. The highest BCUT2D eigenvalue weighted by Crippen LogP contribution is 2.17. The second-order valence-corrected chi connectivity index (χ2v) is 6.10. The molecule has 0 fully saturated rings. The lowest BCUT2D eigenvalue weighted by Gasteiger charge is -2.22. The quantitative estimate of drug-likeness (QED) is 0.571. The van der Waals surface area contributed by atoms with Gasteiger partial charge in [0.25, 0.3) is 0 Å². The molecule has 0 aliphatic carbocycles. The number of rotatable bonds is 7. The molecule has 120 valence electrons. The normalized spacial score (nSPS) is 11.8. The lowest BCUT2D eigenvalue weighted by molar-refractivity contribution is -0.131. The minimum atomic E-state index is -0.142. The first-order chi connectivity index (χ1) is 10.4. The number of nitriles is 1. The molecule has 0 aliphatic heterocycles. The van der Waals surface area contributed by atoms with Crippen LogP contribution in [0.5, 0.6) is 0 Å². The summed E-state index contributed by atoms with van der Waals surface area (Å²) in [4.78, 5) is 22.9. The molecule has 0 N–H and O–H groups in total. The molecule has 5 nitrogen and oxygen atoms in total. The van der Waals surface area contributed by atoms with Crippen LogP contribution in [0.3, 0.4) is 0 Å². The fourth-order valence-electron chi connectivity index (χ4n) is 2.33. The summed E-state index contributed by atoms with van der Waals surface area (Å²) in [7, 11) is 0. The Hall–Kier alpha value is -1.61. The third-order valence-electron chi connectivity index (χ3n) is 3.62. The van der Waals surface area contributed by atoms with Crippen molar-refractivity contribution in [3.63, 3.8) is 0 Å². The number of carbonyl (C=O) groups excluding carboxylic acids is 1. The van der Waals surface area contributed by atoms with Crippen molar-refractivity contribution in [2.45, 2.75) is 45.7 Å². The molecule has 1 amide bonds. The Bertz CT molecular complexity index is 545. The molecule has 1 atom stereocenters. The first kappa shape index (κ1) is 18.4. The highest BCUT2D eigenvalue weighted by atomic mass is 32.2. The van der Waals surface area contributed by atoms with E-state index >= 15 is 0 Å². The van der Waals surface area contributed by atoms with Crippen LogP contribution in [0.15, 0.2) is 5.16 Å². The van der Waals surface area contributed by atoms with Gasteiger partial charge in [-0.05, 0) is 45.9 Å². The zero-order valence-corrected chi connectivity index (χ0v) is 14.8. The lowest BCUT2D eigenvalue weighted by Crippen LogP contribution is -2.34. The van der Waals surface area contributed by atoms with Crippen molar-refractivity contribution >= 4 is 17.7 Å². The molecule has 0 bridgehead atoms. The van der Waals surface area contributed by atoms with Crippen LogP contribution in [-0.2, 0) is 11.2 Å². The van der Waals surface area contributed by atoms with Crippen molar-refractivity contribution in [1.29, 1.82) is 5.26 Å². The summed E-state index contributed by atoms with van der Waals surface area (Å²) in [5.74, 6) is -0.0612. The van der Waals surface area contributed by atoms with Crippen LogP contribution in [0.2, 0.25) is 0 Å². The summed E-state index contributed by atoms with van der Waals surface area (Å²) in [6, 6.07) is 2.17. The molecular formula is C16H24N4OS. The fourth-order valence-corrected chi connectivity index (χ4v) is 2.79. The number of amides is 1. The minimum Gasteiger partial charge on any atom is -0.342 e. The second kappa shape index (κ2) is 8.74. The zero-order chi connectivity index (χ0) is 16.7. The van der Waals surface area contributed by atoms with E-state index in [1.54, 1.807) is 4.90 Å². The summed E-state index contributed by atoms with van der Waals surface area (Å²) in [5.41, 5.74) is 2.94. The van der Waals surface area contributed by atoms with Gasteiger partial charge in [0, 0.05) is 30.9 Å². The van der Waals surface area contributed by atoms with Crippen LogP contribution in [-0.4, -0.2) is 40.1 Å². The van der Waals surface area contributed by atoms with Crippen LogP contribution < -0.4 is 0 Å². The van der Waals surface area contributed by atoms with Crippen molar-refractivity contribution in [2.24, 2.45) is 5.92 Å². The molecule has 0 spiro atoms. The van der Waals surface area contributed by atoms with E-state index in [1.807, 2.05) is 34.0 Å². The van der Waals surface area contributed by atoms with Gasteiger partial charge >= 0.3 is 0 Å². The Kier molecular flexibility index (Phi) is 7.33. The third-order valence-corrected chi connectivity index (χ3v) is 4.17. The Labute approximate surface area is 137 Å². The second-order valence-electron chi connectivity index (χ2n) is 5.32. The van der Waals surface area contributed by atoms with Crippen LogP contribution in [0, 0.1) is 31.1 Å². The van der Waals surface area contributed by atoms with Gasteiger partial charge in [-0.3, -0.25) is 4.79 Å². The number of nitrogens with zero attached hydrogens (tertiary/aromatic N) is 4. The van der Waals surface area contributed by atoms with Crippen molar-refractivity contribution in [3.05, 3.63) is 17.0 Å². The van der Waals surface area contributed by atoms with Gasteiger partial charge in [-0.1, -0.05) is 11.8 Å². The number of aromatic nitrogens is 2. The summed E-state index contributed by atoms with van der Waals surface area (Å²) in [5, 5.41) is 9.65. The first-order valence-electron chi connectivity index (χ1n) is 7.48. The number of hydrogen-bond donors (Lipinski definition) is 0. The van der Waals surface area contributed by atoms with Crippen molar-refractivity contribution in [2.75, 3.05) is 19.3 Å². The molecular weight excluding hydrogens is 296 g/mol. The Morgan fingerprint density at radius 3 is 2.41 bits per heavy atom. The Morgan fingerprint density at radius 2 is 1.95 bits per heavy atom. The molecule has 22 heavy (non-hydrogen) atoms. The molecule has 1 aromatic heterocycles. The summed E-state index contributed by atoms with van der Waals surface area (Å²) >= 11 is 1.52. The monoisotopic (exact) mass is 320 g/mol. The predicted octanol–water partition coefficient (Wildman–Crippen LogP) is 2.76. The highest BCUT2D eigenvalue weighted by molar-refractivity contribution is 7.98. The number of carbonyl (C=O) groups is 1. The third kappa shape index (κ3) is 4.99. The van der Waals surface area contributed by atoms with E-state index in [0.29, 0.717) is 25.9 Å². The number of hydrogen-bond acceptors (Lipinski definition) is 5. The van der Waals surface area contributed by atoms with E-state index in [0.717, 1.165) is 22.1 Å². The van der Waals surface area contributed by atoms with Gasteiger partial charge in [0.15, 0.2) is 5.16 Å². The summed E-state index contributed by atoms with van der Waals surface area (Å²) < 4.78 is 0. The van der Waals surface area contributed by atoms with Crippen molar-refractivity contribution in [3.8, 4) is 6.07 Å². The van der Waals surface area contributed by atoms with E-state index in [-0.39, 0.29) is 11.8 Å². The molecule has 0 aromatic carbocycles. The van der Waals surface area contributed by atoms with E-state index in [9.17, 15) is 4.79 Å². The van der Waals surface area contributed by atoms with Crippen LogP contribution in [0.1, 0.15) is 37.2 Å². The predicted molar refractivity (Wildman–Crippen MR) is 88.6 cm³/mol. The molecule has 0 saturated carbocycles. The molecule has 0 aliphatic rings. The zero-order valence-electron chi connectivity index (χ0n) is 14.0. The summed E-state index contributed by atoms with van der Waals surface area (Å²) in [6.45, 7) is 8.82. The van der Waals surface area contributed by atoms with Gasteiger partial charge in [-0.2, -0.15) is 5.26 Å². The number of thioether (sulfide) groups is 1. The first-order valence-corrected chi connectivity index (χ1v) is 8.70. The maximum atomic E-state index is 12.3. The van der Waals surface area contributed by atoms with E-state index in [1.165, 1.54) is 11.8 Å². The molecule has 0 radical (unpaired) electrons. The fraction of sp³-hybridized carbons (Fsp3) is 0.625. The molecule has 1 heterocycles. The van der Waals surface area contributed by atoms with E-state index in [4.69, 9.17) is 5.26 Å². The average molecular weight is 320 g/mol. The molecule has 1 rings (SSSR count). The van der Waals surface area contributed by atoms with Gasteiger partial charge < -0.3 is 4.90 Å². The van der Waals surface area contributed by atoms with Gasteiger partial charge in [-0.25, -0.2) is 9.97 Å². The minimum absolute atomic E-state index is 0.0809. The van der Waals surface area contributed by atoms with E-state index in [2.05, 4.69) is 16.0 Å².